The van der Waals surface area contributed by atoms with E-state index in [0.717, 1.165) is 10.4 Å². The van der Waals surface area contributed by atoms with Crippen molar-refractivity contribution < 1.29 is 14.3 Å². The highest BCUT2D eigenvalue weighted by atomic mass is 32.1. The summed E-state index contributed by atoms with van der Waals surface area (Å²) in [5.41, 5.74) is 0.356. The number of carbonyl (C=O) groups excluding carboxylic acids is 1. The molecule has 3 rings (SSSR count). The molecular formula is C19H22N4O4S. The zero-order valence-corrected chi connectivity index (χ0v) is 17.2. The second-order valence-electron chi connectivity index (χ2n) is 7.21. The molecule has 2 heterocycles. The van der Waals surface area contributed by atoms with E-state index in [1.54, 1.807) is 12.1 Å². The molecule has 1 N–H and O–H groups in total. The Morgan fingerprint density at radius 3 is 2.61 bits per heavy atom. The number of nitrogens with zero attached hydrogens (tertiary/aromatic N) is 3. The molecule has 0 unspecified atom stereocenters. The maximum absolute atomic E-state index is 12.9. The van der Waals surface area contributed by atoms with Crippen LogP contribution >= 0.6 is 11.3 Å². The molecule has 0 radical (unpaired) electrons. The van der Waals surface area contributed by atoms with Gasteiger partial charge in [-0.25, -0.2) is 9.67 Å². The lowest BCUT2D eigenvalue weighted by molar-refractivity contribution is -0.117. The van der Waals surface area contributed by atoms with Gasteiger partial charge in [-0.15, -0.1) is 11.3 Å². The predicted molar refractivity (Wildman–Crippen MR) is 109 cm³/mol. The normalized spacial score (nSPS) is 11.5. The molecule has 9 heteroatoms. The number of benzene rings is 1. The first-order valence-electron chi connectivity index (χ1n) is 8.61. The maximum atomic E-state index is 12.9. The predicted octanol–water partition coefficient (Wildman–Crippen LogP) is 2.81. The van der Waals surface area contributed by atoms with Gasteiger partial charge in [0.15, 0.2) is 16.6 Å². The van der Waals surface area contributed by atoms with Crippen molar-refractivity contribution >= 4 is 33.1 Å². The molecular weight excluding hydrogens is 380 g/mol. The number of anilines is 1. The highest BCUT2D eigenvalue weighted by Crippen LogP contribution is 2.32. The van der Waals surface area contributed by atoms with Gasteiger partial charge in [-0.3, -0.25) is 9.59 Å². The molecule has 8 nitrogen and oxygen atoms in total. The first kappa shape index (κ1) is 19.8. The first-order chi connectivity index (χ1) is 13.2. The van der Waals surface area contributed by atoms with Gasteiger partial charge < -0.3 is 14.8 Å². The number of nitrogens with one attached hydrogen (secondary N) is 1. The Kier molecular flexibility index (Phi) is 5.37. The lowest BCUT2D eigenvalue weighted by atomic mass is 9.93. The molecule has 1 aromatic carbocycles. The topological polar surface area (TPSA) is 95.3 Å². The third-order valence-electron chi connectivity index (χ3n) is 4.17. The van der Waals surface area contributed by atoms with Crippen LogP contribution in [-0.2, 0) is 16.8 Å². The van der Waals surface area contributed by atoms with Crippen LogP contribution in [0.3, 0.4) is 0 Å². The Balaban J connectivity index is 1.88. The van der Waals surface area contributed by atoms with Gasteiger partial charge in [-0.05, 0) is 12.1 Å². The number of carbonyl (C=O) groups is 1. The molecule has 0 atom stereocenters. The minimum atomic E-state index is -0.432. The van der Waals surface area contributed by atoms with Gasteiger partial charge in [0.1, 0.15) is 6.54 Å². The smallest absolute Gasteiger partial charge is 0.279 e. The fraction of sp³-hybridized carbons (Fsp3) is 0.368. The molecule has 0 aliphatic heterocycles. The quantitative estimate of drug-likeness (QED) is 0.705. The lowest BCUT2D eigenvalue weighted by Crippen LogP contribution is -2.29. The molecule has 0 saturated heterocycles. The number of thiazole rings is 1. The minimum Gasteiger partial charge on any atom is -0.493 e. The highest BCUT2D eigenvalue weighted by molar-refractivity contribution is 7.13. The molecule has 1 amide bonds. The van der Waals surface area contributed by atoms with Crippen molar-refractivity contribution in [3.8, 4) is 11.5 Å². The van der Waals surface area contributed by atoms with E-state index in [-0.39, 0.29) is 17.9 Å². The van der Waals surface area contributed by atoms with Gasteiger partial charge in [0.25, 0.3) is 5.56 Å². The van der Waals surface area contributed by atoms with Crippen molar-refractivity contribution in [3.05, 3.63) is 39.8 Å². The van der Waals surface area contributed by atoms with Gasteiger partial charge in [-0.2, -0.15) is 5.10 Å². The van der Waals surface area contributed by atoms with Gasteiger partial charge in [-0.1, -0.05) is 20.8 Å². The van der Waals surface area contributed by atoms with Gasteiger partial charge in [0.05, 0.1) is 31.5 Å². The van der Waals surface area contributed by atoms with E-state index in [1.807, 2.05) is 26.2 Å². The van der Waals surface area contributed by atoms with Crippen molar-refractivity contribution in [1.82, 2.24) is 14.8 Å². The monoisotopic (exact) mass is 402 g/mol. The number of methoxy groups -OCH3 is 2. The number of fused-ring (bicyclic) bond motifs is 1. The van der Waals surface area contributed by atoms with Gasteiger partial charge in [0.2, 0.25) is 5.91 Å². The standard InChI is InChI=1S/C19H22N4O4S/c1-19(2,3)13-10-28-18(21-13)22-14(24)9-23-17(25)15-11(8-20-23)6-7-12(26-4)16(15)27-5/h6-8,10H,9H2,1-5H3,(H,21,22,24). The van der Waals surface area contributed by atoms with Crippen LogP contribution in [0.1, 0.15) is 26.5 Å². The minimum absolute atomic E-state index is 0.105. The summed E-state index contributed by atoms with van der Waals surface area (Å²) in [5, 5.41) is 10.1. The molecule has 148 valence electrons. The zero-order chi connectivity index (χ0) is 20.5. The zero-order valence-electron chi connectivity index (χ0n) is 16.4. The molecule has 0 bridgehead atoms. The average Bonchev–Trinajstić information content (AvgIpc) is 3.11. The molecule has 3 aromatic rings. The molecule has 0 fully saturated rings. The molecule has 0 spiro atoms. The van der Waals surface area contributed by atoms with Crippen molar-refractivity contribution in [2.75, 3.05) is 19.5 Å². The van der Waals surface area contributed by atoms with E-state index in [1.165, 1.54) is 31.8 Å². The summed E-state index contributed by atoms with van der Waals surface area (Å²) < 4.78 is 11.7. The van der Waals surface area contributed by atoms with Crippen LogP contribution in [0.15, 0.2) is 28.5 Å². The van der Waals surface area contributed by atoms with Crippen molar-refractivity contribution in [2.24, 2.45) is 0 Å². The molecule has 0 saturated carbocycles. The Morgan fingerprint density at radius 1 is 1.25 bits per heavy atom. The van der Waals surface area contributed by atoms with E-state index in [0.29, 0.717) is 27.4 Å². The summed E-state index contributed by atoms with van der Waals surface area (Å²) >= 11 is 1.35. The summed E-state index contributed by atoms with van der Waals surface area (Å²) in [6, 6.07) is 3.42. The fourth-order valence-corrected chi connectivity index (χ4v) is 3.62. The Hall–Kier alpha value is -2.94. The van der Waals surface area contributed by atoms with E-state index in [9.17, 15) is 9.59 Å². The van der Waals surface area contributed by atoms with Crippen LogP contribution < -0.4 is 20.3 Å². The van der Waals surface area contributed by atoms with Crippen LogP contribution in [-0.4, -0.2) is 34.9 Å². The third kappa shape index (κ3) is 3.84. The summed E-state index contributed by atoms with van der Waals surface area (Å²) in [7, 11) is 2.96. The van der Waals surface area contributed by atoms with Crippen molar-refractivity contribution in [2.45, 2.75) is 32.7 Å². The Bertz CT molecular complexity index is 1080. The Labute approximate surface area is 166 Å². The second-order valence-corrected chi connectivity index (χ2v) is 8.07. The summed E-state index contributed by atoms with van der Waals surface area (Å²) in [5.74, 6) is 0.369. The summed E-state index contributed by atoms with van der Waals surface area (Å²) in [6.07, 6.45) is 1.52. The van der Waals surface area contributed by atoms with Crippen LogP contribution in [0.4, 0.5) is 5.13 Å². The lowest BCUT2D eigenvalue weighted by Gasteiger charge is -2.14. The fourth-order valence-electron chi connectivity index (χ4n) is 2.67. The highest BCUT2D eigenvalue weighted by Gasteiger charge is 2.19. The number of ether oxygens (including phenoxy) is 2. The number of rotatable bonds is 5. The molecule has 0 aliphatic carbocycles. The van der Waals surface area contributed by atoms with Crippen molar-refractivity contribution in [1.29, 1.82) is 0 Å². The van der Waals surface area contributed by atoms with Gasteiger partial charge >= 0.3 is 0 Å². The summed E-state index contributed by atoms with van der Waals surface area (Å²) in [6.45, 7) is 5.91. The van der Waals surface area contributed by atoms with E-state index in [4.69, 9.17) is 9.47 Å². The van der Waals surface area contributed by atoms with Crippen LogP contribution in [0.25, 0.3) is 10.8 Å². The SMILES string of the molecule is COc1ccc2cnn(CC(=O)Nc3nc(C(C)(C)C)cs3)c(=O)c2c1OC. The van der Waals surface area contributed by atoms with Crippen LogP contribution in [0, 0.1) is 0 Å². The summed E-state index contributed by atoms with van der Waals surface area (Å²) in [4.78, 5) is 29.7. The van der Waals surface area contributed by atoms with E-state index < -0.39 is 5.56 Å². The first-order valence-corrected chi connectivity index (χ1v) is 9.49. The second kappa shape index (κ2) is 7.59. The molecule has 28 heavy (non-hydrogen) atoms. The third-order valence-corrected chi connectivity index (χ3v) is 4.93. The molecule has 2 aromatic heterocycles. The van der Waals surface area contributed by atoms with E-state index >= 15 is 0 Å². The maximum Gasteiger partial charge on any atom is 0.279 e. The number of hydrogen-bond donors (Lipinski definition) is 1. The largest absolute Gasteiger partial charge is 0.493 e. The number of hydrogen-bond acceptors (Lipinski definition) is 7. The molecule has 0 aliphatic rings. The van der Waals surface area contributed by atoms with Crippen molar-refractivity contribution in [3.63, 3.8) is 0 Å². The number of aromatic nitrogens is 3. The Morgan fingerprint density at radius 2 is 2.00 bits per heavy atom. The number of amides is 1. The average molecular weight is 402 g/mol. The van der Waals surface area contributed by atoms with E-state index in [2.05, 4.69) is 15.4 Å². The van der Waals surface area contributed by atoms with Gasteiger partial charge in [0, 0.05) is 16.2 Å². The van der Waals surface area contributed by atoms with Crippen LogP contribution in [0.5, 0.6) is 11.5 Å². The van der Waals surface area contributed by atoms with Crippen LogP contribution in [0.2, 0.25) is 0 Å².